The Balaban J connectivity index is 1.39. The maximum absolute atomic E-state index is 5.83. The highest BCUT2D eigenvalue weighted by Gasteiger charge is 2.33. The van der Waals surface area contributed by atoms with Crippen LogP contribution in [-0.2, 0) is 16.0 Å². The fraction of sp³-hybridized carbons (Fsp3) is 0.647. The molecule has 0 aliphatic carbocycles. The lowest BCUT2D eigenvalue weighted by Gasteiger charge is -2.19. The minimum atomic E-state index is -0.415. The minimum Gasteiger partial charge on any atom is -0.348 e. The topological polar surface area (TPSA) is 33.7 Å². The number of hydrogen-bond acceptors (Lipinski definition) is 4. The summed E-state index contributed by atoms with van der Waals surface area (Å²) in [5.74, 6) is -0.415. The van der Waals surface area contributed by atoms with E-state index in [1.807, 2.05) is 13.8 Å². The van der Waals surface area contributed by atoms with Gasteiger partial charge in [0.2, 0.25) is 0 Å². The number of rotatable bonds is 5. The first kappa shape index (κ1) is 15.0. The first-order valence-electron chi connectivity index (χ1n) is 7.92. The molecule has 2 atom stereocenters. The predicted molar refractivity (Wildman–Crippen MR) is 83.0 cm³/mol. The lowest BCUT2D eigenvalue weighted by Crippen LogP contribution is -2.38. The first-order chi connectivity index (χ1) is 10.1. The van der Waals surface area contributed by atoms with Crippen LogP contribution in [0.1, 0.15) is 25.8 Å². The van der Waals surface area contributed by atoms with Crippen LogP contribution in [0, 0.1) is 0 Å². The average molecular weight is 290 g/mol. The summed E-state index contributed by atoms with van der Waals surface area (Å²) in [5, 5.41) is 3.63. The Morgan fingerprint density at radius 1 is 1.29 bits per heavy atom. The van der Waals surface area contributed by atoms with E-state index in [0.717, 1.165) is 19.6 Å². The molecule has 2 aliphatic heterocycles. The first-order valence-corrected chi connectivity index (χ1v) is 7.92. The zero-order chi connectivity index (χ0) is 14.7. The van der Waals surface area contributed by atoms with Crippen molar-refractivity contribution >= 4 is 0 Å². The van der Waals surface area contributed by atoms with Gasteiger partial charge >= 0.3 is 0 Å². The molecule has 2 heterocycles. The fourth-order valence-electron chi connectivity index (χ4n) is 3.15. The predicted octanol–water partition coefficient (Wildman–Crippen LogP) is 2.00. The average Bonchev–Trinajstić information content (AvgIpc) is 3.04. The van der Waals surface area contributed by atoms with Crippen molar-refractivity contribution in [2.24, 2.45) is 0 Å². The van der Waals surface area contributed by atoms with Crippen LogP contribution in [0.15, 0.2) is 30.3 Å². The molecule has 2 aliphatic rings. The minimum absolute atomic E-state index is 0.183. The van der Waals surface area contributed by atoms with Crippen molar-refractivity contribution in [3.63, 3.8) is 0 Å². The van der Waals surface area contributed by atoms with E-state index in [1.54, 1.807) is 0 Å². The van der Waals surface area contributed by atoms with Gasteiger partial charge in [-0.1, -0.05) is 30.3 Å². The van der Waals surface area contributed by atoms with Gasteiger partial charge in [0, 0.05) is 32.2 Å². The summed E-state index contributed by atoms with van der Waals surface area (Å²) in [5.41, 5.74) is 1.40. The van der Waals surface area contributed by atoms with Gasteiger partial charge in [0.25, 0.3) is 0 Å². The van der Waals surface area contributed by atoms with E-state index in [0.29, 0.717) is 12.6 Å². The third-order valence-corrected chi connectivity index (χ3v) is 4.22. The Labute approximate surface area is 127 Å². The van der Waals surface area contributed by atoms with E-state index in [-0.39, 0.29) is 6.10 Å². The second-order valence-corrected chi connectivity index (χ2v) is 6.57. The number of likely N-dealkylation sites (tertiary alicyclic amines) is 1. The molecule has 21 heavy (non-hydrogen) atoms. The molecule has 116 valence electrons. The molecule has 1 aromatic carbocycles. The highest BCUT2D eigenvalue weighted by molar-refractivity contribution is 5.14. The molecule has 2 fully saturated rings. The normalized spacial score (nSPS) is 29.0. The molecule has 0 aromatic heterocycles. The molecule has 4 nitrogen and oxygen atoms in total. The molecule has 4 heteroatoms. The summed E-state index contributed by atoms with van der Waals surface area (Å²) in [6.07, 6.45) is 1.40. The summed E-state index contributed by atoms with van der Waals surface area (Å²) in [7, 11) is 0. The summed E-state index contributed by atoms with van der Waals surface area (Å²) in [4.78, 5) is 2.52. The van der Waals surface area contributed by atoms with Gasteiger partial charge in [0.1, 0.15) is 0 Å². The highest BCUT2D eigenvalue weighted by Crippen LogP contribution is 2.22. The lowest BCUT2D eigenvalue weighted by molar-refractivity contribution is -0.137. The van der Waals surface area contributed by atoms with E-state index in [2.05, 4.69) is 40.5 Å². The van der Waals surface area contributed by atoms with Gasteiger partial charge in [-0.05, 0) is 25.8 Å². The molecular weight excluding hydrogens is 264 g/mol. The smallest absolute Gasteiger partial charge is 0.163 e. The van der Waals surface area contributed by atoms with Crippen LogP contribution in [-0.4, -0.2) is 49.1 Å². The molecule has 0 radical (unpaired) electrons. The maximum Gasteiger partial charge on any atom is 0.163 e. The van der Waals surface area contributed by atoms with Gasteiger partial charge in [-0.2, -0.15) is 0 Å². The van der Waals surface area contributed by atoms with Crippen LogP contribution < -0.4 is 5.32 Å². The number of hydrogen-bond donors (Lipinski definition) is 1. The van der Waals surface area contributed by atoms with Gasteiger partial charge in [0.15, 0.2) is 5.79 Å². The lowest BCUT2D eigenvalue weighted by atomic mass is 10.2. The van der Waals surface area contributed by atoms with E-state index < -0.39 is 5.79 Å². The summed E-state index contributed by atoms with van der Waals surface area (Å²) >= 11 is 0. The van der Waals surface area contributed by atoms with Crippen LogP contribution in [0.2, 0.25) is 0 Å². The molecule has 0 spiro atoms. The monoisotopic (exact) mass is 290 g/mol. The Bertz CT molecular complexity index is 449. The summed E-state index contributed by atoms with van der Waals surface area (Å²) in [6, 6.07) is 11.3. The summed E-state index contributed by atoms with van der Waals surface area (Å²) < 4.78 is 11.4. The largest absolute Gasteiger partial charge is 0.348 e. The van der Waals surface area contributed by atoms with Gasteiger partial charge in [-0.15, -0.1) is 0 Å². The second kappa shape index (κ2) is 6.44. The second-order valence-electron chi connectivity index (χ2n) is 6.57. The molecule has 0 bridgehead atoms. The third kappa shape index (κ3) is 4.27. The molecule has 1 aromatic rings. The van der Waals surface area contributed by atoms with E-state index in [1.165, 1.54) is 18.5 Å². The van der Waals surface area contributed by atoms with Crippen LogP contribution in [0.5, 0.6) is 0 Å². The molecule has 1 N–H and O–H groups in total. The van der Waals surface area contributed by atoms with E-state index >= 15 is 0 Å². The van der Waals surface area contributed by atoms with Crippen LogP contribution in [0.3, 0.4) is 0 Å². The van der Waals surface area contributed by atoms with E-state index in [9.17, 15) is 0 Å². The third-order valence-electron chi connectivity index (χ3n) is 4.22. The Hall–Kier alpha value is -0.940. The molecule has 0 saturated carbocycles. The maximum atomic E-state index is 5.83. The Morgan fingerprint density at radius 2 is 2.10 bits per heavy atom. The standard InChI is InChI=1S/C17H26N2O2/c1-17(2)20-13-16(21-17)10-18-15-8-9-19(12-15)11-14-6-4-3-5-7-14/h3-7,15-16,18H,8-13H2,1-2H3. The number of nitrogens with zero attached hydrogens (tertiary/aromatic N) is 1. The van der Waals surface area contributed by atoms with Crippen LogP contribution >= 0.6 is 0 Å². The van der Waals surface area contributed by atoms with Crippen molar-refractivity contribution in [1.82, 2.24) is 10.2 Å². The Morgan fingerprint density at radius 3 is 2.81 bits per heavy atom. The van der Waals surface area contributed by atoms with Gasteiger partial charge in [-0.3, -0.25) is 4.90 Å². The molecule has 2 saturated heterocycles. The van der Waals surface area contributed by atoms with Gasteiger partial charge in [-0.25, -0.2) is 0 Å². The SMILES string of the molecule is CC1(C)OCC(CNC2CCN(Cc3ccccc3)C2)O1. The van der Waals surface area contributed by atoms with Crippen molar-refractivity contribution in [1.29, 1.82) is 0 Å². The number of benzene rings is 1. The zero-order valence-electron chi connectivity index (χ0n) is 13.0. The molecular formula is C17H26N2O2. The van der Waals surface area contributed by atoms with Crippen molar-refractivity contribution in [2.75, 3.05) is 26.2 Å². The van der Waals surface area contributed by atoms with Gasteiger partial charge in [0.05, 0.1) is 12.7 Å². The van der Waals surface area contributed by atoms with Crippen molar-refractivity contribution < 1.29 is 9.47 Å². The quantitative estimate of drug-likeness (QED) is 0.899. The number of nitrogens with one attached hydrogen (secondary N) is 1. The van der Waals surface area contributed by atoms with Crippen molar-refractivity contribution in [3.8, 4) is 0 Å². The fourth-order valence-corrected chi connectivity index (χ4v) is 3.15. The van der Waals surface area contributed by atoms with Gasteiger partial charge < -0.3 is 14.8 Å². The van der Waals surface area contributed by atoms with Crippen molar-refractivity contribution in [3.05, 3.63) is 35.9 Å². The van der Waals surface area contributed by atoms with Crippen molar-refractivity contribution in [2.45, 2.75) is 44.7 Å². The molecule has 2 unspecified atom stereocenters. The summed E-state index contributed by atoms with van der Waals surface area (Å²) in [6.45, 7) is 8.86. The molecule has 0 amide bonds. The van der Waals surface area contributed by atoms with E-state index in [4.69, 9.17) is 9.47 Å². The number of ether oxygens (including phenoxy) is 2. The Kier molecular flexibility index (Phi) is 4.60. The highest BCUT2D eigenvalue weighted by atomic mass is 16.7. The molecule has 3 rings (SSSR count). The zero-order valence-corrected chi connectivity index (χ0v) is 13.0. The van der Waals surface area contributed by atoms with Crippen LogP contribution in [0.4, 0.5) is 0 Å². The van der Waals surface area contributed by atoms with Crippen LogP contribution in [0.25, 0.3) is 0 Å².